The standard InChI is InChI=1S/C13H19O2Si/c1-11(9-14-2)10-15-12-7-5-6-8-13(12)16(3)4/h5-8,10H,9H2,1-4H3. The van der Waals surface area contributed by atoms with Crippen LogP contribution in [0, 0.1) is 0 Å². The molecule has 0 saturated carbocycles. The second-order valence-electron chi connectivity index (χ2n) is 4.01. The van der Waals surface area contributed by atoms with Crippen LogP contribution in [0.25, 0.3) is 0 Å². The minimum atomic E-state index is -0.487. The van der Waals surface area contributed by atoms with Gasteiger partial charge in [-0.05, 0) is 23.7 Å². The third-order valence-electron chi connectivity index (χ3n) is 2.18. The Kier molecular flexibility index (Phi) is 5.29. The first-order valence-corrected chi connectivity index (χ1v) is 7.86. The predicted molar refractivity (Wildman–Crippen MR) is 69.8 cm³/mol. The summed E-state index contributed by atoms with van der Waals surface area (Å²) in [6.45, 7) is 7.13. The van der Waals surface area contributed by atoms with E-state index in [1.165, 1.54) is 5.19 Å². The Hall–Kier alpha value is -1.06. The molecule has 0 aromatic heterocycles. The fourth-order valence-corrected chi connectivity index (χ4v) is 2.47. The van der Waals surface area contributed by atoms with Crippen LogP contribution >= 0.6 is 0 Å². The van der Waals surface area contributed by atoms with Crippen molar-refractivity contribution in [2.75, 3.05) is 13.7 Å². The number of benzene rings is 1. The van der Waals surface area contributed by atoms with Crippen LogP contribution in [0.15, 0.2) is 36.1 Å². The summed E-state index contributed by atoms with van der Waals surface area (Å²) in [5, 5.41) is 1.33. The molecule has 1 aromatic rings. The molecular weight excluding hydrogens is 216 g/mol. The highest BCUT2D eigenvalue weighted by atomic mass is 28.3. The summed E-state index contributed by atoms with van der Waals surface area (Å²) in [5.41, 5.74) is 1.08. The lowest BCUT2D eigenvalue weighted by Crippen LogP contribution is -2.24. The molecule has 0 aliphatic carbocycles. The molecule has 1 radical (unpaired) electrons. The molecule has 2 nitrogen and oxygen atoms in total. The van der Waals surface area contributed by atoms with Crippen LogP contribution in [0.3, 0.4) is 0 Å². The van der Waals surface area contributed by atoms with Crippen LogP contribution in [-0.4, -0.2) is 22.5 Å². The van der Waals surface area contributed by atoms with Crippen LogP contribution in [0.4, 0.5) is 0 Å². The van der Waals surface area contributed by atoms with Crippen molar-refractivity contribution < 1.29 is 9.47 Å². The molecule has 87 valence electrons. The molecule has 0 aliphatic rings. The van der Waals surface area contributed by atoms with Gasteiger partial charge < -0.3 is 9.47 Å². The lowest BCUT2D eigenvalue weighted by Gasteiger charge is -2.10. The highest BCUT2D eigenvalue weighted by Gasteiger charge is 2.07. The third kappa shape index (κ3) is 3.83. The number of hydrogen-bond acceptors (Lipinski definition) is 2. The summed E-state index contributed by atoms with van der Waals surface area (Å²) in [5.74, 6) is 0.969. The highest BCUT2D eigenvalue weighted by Crippen LogP contribution is 2.09. The second kappa shape index (κ2) is 6.50. The van der Waals surface area contributed by atoms with Crippen molar-refractivity contribution in [1.82, 2.24) is 0 Å². The number of ether oxygens (including phenoxy) is 2. The van der Waals surface area contributed by atoms with Gasteiger partial charge in [-0.2, -0.15) is 0 Å². The van der Waals surface area contributed by atoms with E-state index >= 15 is 0 Å². The molecule has 0 bridgehead atoms. The zero-order valence-electron chi connectivity index (χ0n) is 10.4. The van der Waals surface area contributed by atoms with E-state index in [0.717, 1.165) is 11.3 Å². The van der Waals surface area contributed by atoms with Gasteiger partial charge in [-0.25, -0.2) is 0 Å². The molecule has 0 heterocycles. The van der Waals surface area contributed by atoms with E-state index in [4.69, 9.17) is 9.47 Å². The summed E-state index contributed by atoms with van der Waals surface area (Å²) in [6.07, 6.45) is 1.77. The molecule has 16 heavy (non-hydrogen) atoms. The molecule has 0 spiro atoms. The monoisotopic (exact) mass is 235 g/mol. The van der Waals surface area contributed by atoms with Crippen molar-refractivity contribution in [3.63, 3.8) is 0 Å². The van der Waals surface area contributed by atoms with Crippen LogP contribution in [0.5, 0.6) is 5.75 Å². The average Bonchev–Trinajstić information content (AvgIpc) is 2.27. The number of hydrogen-bond donors (Lipinski definition) is 0. The normalized spacial score (nSPS) is 11.9. The van der Waals surface area contributed by atoms with E-state index < -0.39 is 8.80 Å². The molecule has 0 fully saturated rings. The number of methoxy groups -OCH3 is 1. The van der Waals surface area contributed by atoms with E-state index in [1.54, 1.807) is 13.4 Å². The van der Waals surface area contributed by atoms with Crippen molar-refractivity contribution in [3.8, 4) is 5.75 Å². The summed E-state index contributed by atoms with van der Waals surface area (Å²) in [6, 6.07) is 8.22. The zero-order chi connectivity index (χ0) is 12.0. The summed E-state index contributed by atoms with van der Waals surface area (Å²) < 4.78 is 10.7. The van der Waals surface area contributed by atoms with Gasteiger partial charge in [0.15, 0.2) is 0 Å². The Balaban J connectivity index is 2.77. The lowest BCUT2D eigenvalue weighted by atomic mass is 10.3. The second-order valence-corrected chi connectivity index (χ2v) is 6.55. The minimum Gasteiger partial charge on any atom is -0.465 e. The SMILES string of the molecule is COCC(C)=COc1ccccc1[Si](C)C. The van der Waals surface area contributed by atoms with Crippen molar-refractivity contribution in [2.45, 2.75) is 20.0 Å². The Bertz CT molecular complexity index is 359. The van der Waals surface area contributed by atoms with Crippen LogP contribution in [0.1, 0.15) is 6.92 Å². The third-order valence-corrected chi connectivity index (χ3v) is 3.68. The number of para-hydroxylation sites is 1. The van der Waals surface area contributed by atoms with E-state index in [9.17, 15) is 0 Å². The highest BCUT2D eigenvalue weighted by molar-refractivity contribution is 6.71. The average molecular weight is 235 g/mol. The van der Waals surface area contributed by atoms with E-state index in [0.29, 0.717) is 6.61 Å². The summed E-state index contributed by atoms with van der Waals surface area (Å²) in [7, 11) is 1.20. The van der Waals surface area contributed by atoms with Gasteiger partial charge in [0.2, 0.25) is 0 Å². The van der Waals surface area contributed by atoms with Crippen molar-refractivity contribution >= 4 is 14.0 Å². The molecule has 0 saturated heterocycles. The van der Waals surface area contributed by atoms with Gasteiger partial charge in [-0.3, -0.25) is 0 Å². The van der Waals surface area contributed by atoms with Gasteiger partial charge >= 0.3 is 0 Å². The van der Waals surface area contributed by atoms with Crippen molar-refractivity contribution in [3.05, 3.63) is 36.1 Å². The van der Waals surface area contributed by atoms with Gasteiger partial charge in [0.1, 0.15) is 5.75 Å². The first-order chi connectivity index (χ1) is 7.65. The maximum absolute atomic E-state index is 5.70. The fraction of sp³-hybridized carbons (Fsp3) is 0.385. The Morgan fingerprint density at radius 3 is 2.62 bits per heavy atom. The van der Waals surface area contributed by atoms with Gasteiger partial charge in [0.05, 0.1) is 21.7 Å². The van der Waals surface area contributed by atoms with Gasteiger partial charge in [0.25, 0.3) is 0 Å². The topological polar surface area (TPSA) is 18.5 Å². The molecule has 0 N–H and O–H groups in total. The largest absolute Gasteiger partial charge is 0.465 e. The fourth-order valence-electron chi connectivity index (χ4n) is 1.41. The molecule has 0 amide bonds. The Morgan fingerprint density at radius 2 is 2.00 bits per heavy atom. The van der Waals surface area contributed by atoms with E-state index in [1.807, 2.05) is 19.1 Å². The van der Waals surface area contributed by atoms with E-state index in [-0.39, 0.29) is 0 Å². The van der Waals surface area contributed by atoms with Crippen LogP contribution in [0.2, 0.25) is 13.1 Å². The summed E-state index contributed by atoms with van der Waals surface area (Å²) in [4.78, 5) is 0. The zero-order valence-corrected chi connectivity index (χ0v) is 11.4. The molecule has 0 aliphatic heterocycles. The molecule has 3 heteroatoms. The maximum Gasteiger partial charge on any atom is 0.125 e. The first kappa shape index (κ1) is 13.0. The Morgan fingerprint density at radius 1 is 1.31 bits per heavy atom. The predicted octanol–water partition coefficient (Wildman–Crippen LogP) is 2.58. The molecule has 0 unspecified atom stereocenters. The van der Waals surface area contributed by atoms with Gasteiger partial charge in [-0.15, -0.1) is 0 Å². The molecule has 1 aromatic carbocycles. The quantitative estimate of drug-likeness (QED) is 0.577. The van der Waals surface area contributed by atoms with Gasteiger partial charge in [0, 0.05) is 7.11 Å². The lowest BCUT2D eigenvalue weighted by molar-refractivity contribution is 0.223. The molecule has 1 rings (SSSR count). The smallest absolute Gasteiger partial charge is 0.125 e. The first-order valence-electron chi connectivity index (χ1n) is 5.36. The molecular formula is C13H19O2Si. The van der Waals surface area contributed by atoms with E-state index in [2.05, 4.69) is 25.2 Å². The Labute approximate surface area is 99.5 Å². The van der Waals surface area contributed by atoms with Crippen molar-refractivity contribution in [1.29, 1.82) is 0 Å². The summed E-state index contributed by atoms with van der Waals surface area (Å²) >= 11 is 0. The number of rotatable bonds is 5. The van der Waals surface area contributed by atoms with Gasteiger partial charge in [-0.1, -0.05) is 31.3 Å². The van der Waals surface area contributed by atoms with Crippen LogP contribution < -0.4 is 9.92 Å². The molecule has 0 atom stereocenters. The minimum absolute atomic E-state index is 0.487. The van der Waals surface area contributed by atoms with Crippen LogP contribution in [-0.2, 0) is 4.74 Å². The maximum atomic E-state index is 5.70. The van der Waals surface area contributed by atoms with Crippen molar-refractivity contribution in [2.24, 2.45) is 0 Å².